The fourth-order valence-electron chi connectivity index (χ4n) is 2.52. The van der Waals surface area contributed by atoms with Gasteiger partial charge >= 0.3 is 5.97 Å². The molecule has 0 atom stereocenters. The van der Waals surface area contributed by atoms with Crippen molar-refractivity contribution >= 4 is 51.4 Å². The Morgan fingerprint density at radius 1 is 1.14 bits per heavy atom. The van der Waals surface area contributed by atoms with Gasteiger partial charge in [-0.3, -0.25) is 9.59 Å². The number of alkyl halides is 1. The van der Waals surface area contributed by atoms with E-state index in [2.05, 4.69) is 10.6 Å². The van der Waals surface area contributed by atoms with Crippen molar-refractivity contribution in [1.82, 2.24) is 0 Å². The average Bonchev–Trinajstić information content (AvgIpc) is 3.03. The standard InChI is InChI=1S/C19H21ClN2O6S/c1-5-28-19(25)15-10(2)16(29-18(15)22-14(23)9-20)17(24)21-12-8-11(26-3)6-7-13(12)27-4/h6-8H,5,9H2,1-4H3,(H,21,24)(H,22,23). The van der Waals surface area contributed by atoms with Crippen molar-refractivity contribution in [1.29, 1.82) is 0 Å². The number of carbonyl (C=O) groups excluding carboxylic acids is 3. The van der Waals surface area contributed by atoms with Crippen molar-refractivity contribution in [3.05, 3.63) is 34.2 Å². The van der Waals surface area contributed by atoms with Crippen molar-refractivity contribution in [2.45, 2.75) is 13.8 Å². The monoisotopic (exact) mass is 440 g/mol. The van der Waals surface area contributed by atoms with Gasteiger partial charge in [-0.15, -0.1) is 22.9 Å². The maximum Gasteiger partial charge on any atom is 0.341 e. The van der Waals surface area contributed by atoms with Crippen LogP contribution in [0.3, 0.4) is 0 Å². The minimum Gasteiger partial charge on any atom is -0.497 e. The number of carbonyl (C=O) groups is 3. The molecule has 1 aromatic heterocycles. The molecule has 2 N–H and O–H groups in total. The maximum absolute atomic E-state index is 12.9. The van der Waals surface area contributed by atoms with Gasteiger partial charge in [0, 0.05) is 6.07 Å². The molecular weight excluding hydrogens is 420 g/mol. The fraction of sp³-hybridized carbons (Fsp3) is 0.316. The van der Waals surface area contributed by atoms with Gasteiger partial charge in [0.25, 0.3) is 5.91 Å². The van der Waals surface area contributed by atoms with Crippen LogP contribution in [0.1, 0.15) is 32.5 Å². The quantitative estimate of drug-likeness (QED) is 0.479. The molecule has 2 amide bonds. The first-order valence-corrected chi connectivity index (χ1v) is 9.91. The Morgan fingerprint density at radius 3 is 2.45 bits per heavy atom. The summed E-state index contributed by atoms with van der Waals surface area (Å²) in [6.45, 7) is 3.43. The van der Waals surface area contributed by atoms with E-state index in [0.717, 1.165) is 11.3 Å². The summed E-state index contributed by atoms with van der Waals surface area (Å²) >= 11 is 6.50. The molecule has 2 rings (SSSR count). The lowest BCUT2D eigenvalue weighted by molar-refractivity contribution is -0.113. The average molecular weight is 441 g/mol. The Labute approximate surface area is 177 Å². The Morgan fingerprint density at radius 2 is 1.86 bits per heavy atom. The maximum atomic E-state index is 12.9. The minimum absolute atomic E-state index is 0.123. The summed E-state index contributed by atoms with van der Waals surface area (Å²) < 4.78 is 15.5. The second-order valence-electron chi connectivity index (χ2n) is 5.68. The van der Waals surface area contributed by atoms with Crippen LogP contribution in [0.25, 0.3) is 0 Å². The predicted molar refractivity (Wildman–Crippen MR) is 112 cm³/mol. The number of nitrogens with one attached hydrogen (secondary N) is 2. The molecule has 0 saturated heterocycles. The lowest BCUT2D eigenvalue weighted by Crippen LogP contribution is -2.15. The topological polar surface area (TPSA) is 103 Å². The highest BCUT2D eigenvalue weighted by molar-refractivity contribution is 7.19. The number of rotatable bonds is 8. The van der Waals surface area contributed by atoms with E-state index in [4.69, 9.17) is 25.8 Å². The molecule has 10 heteroatoms. The smallest absolute Gasteiger partial charge is 0.341 e. The van der Waals surface area contributed by atoms with Crippen molar-refractivity contribution in [2.24, 2.45) is 0 Å². The van der Waals surface area contributed by atoms with Gasteiger partial charge in [-0.2, -0.15) is 0 Å². The van der Waals surface area contributed by atoms with Crippen molar-refractivity contribution in [2.75, 3.05) is 37.3 Å². The first kappa shape index (κ1) is 22.5. The molecule has 29 heavy (non-hydrogen) atoms. The van der Waals surface area contributed by atoms with E-state index in [1.807, 2.05) is 0 Å². The van der Waals surface area contributed by atoms with Gasteiger partial charge in [-0.05, 0) is 31.5 Å². The van der Waals surface area contributed by atoms with Crippen LogP contribution in [0.5, 0.6) is 11.5 Å². The van der Waals surface area contributed by atoms with E-state index in [0.29, 0.717) is 22.7 Å². The van der Waals surface area contributed by atoms with Gasteiger partial charge in [0.1, 0.15) is 22.4 Å². The Kier molecular flexibility index (Phi) is 7.86. The summed E-state index contributed by atoms with van der Waals surface area (Å²) in [7, 11) is 2.99. The molecule has 0 aliphatic rings. The Bertz CT molecular complexity index is 928. The first-order valence-electron chi connectivity index (χ1n) is 8.55. The van der Waals surface area contributed by atoms with E-state index in [-0.39, 0.29) is 27.9 Å². The molecule has 0 spiro atoms. The zero-order valence-corrected chi connectivity index (χ0v) is 18.0. The van der Waals surface area contributed by atoms with E-state index in [1.165, 1.54) is 14.2 Å². The van der Waals surface area contributed by atoms with Gasteiger partial charge < -0.3 is 24.8 Å². The number of methoxy groups -OCH3 is 2. The van der Waals surface area contributed by atoms with Crippen molar-refractivity contribution < 1.29 is 28.6 Å². The summed E-state index contributed by atoms with van der Waals surface area (Å²) in [5, 5.41) is 5.49. The molecule has 0 bridgehead atoms. The molecule has 1 aromatic carbocycles. The number of ether oxygens (including phenoxy) is 3. The molecule has 0 radical (unpaired) electrons. The van der Waals surface area contributed by atoms with Crippen LogP contribution in [-0.2, 0) is 9.53 Å². The van der Waals surface area contributed by atoms with Crippen LogP contribution in [0.4, 0.5) is 10.7 Å². The van der Waals surface area contributed by atoms with E-state index >= 15 is 0 Å². The summed E-state index contributed by atoms with van der Waals surface area (Å²) in [5.41, 5.74) is 0.907. The predicted octanol–water partition coefficient (Wildman–Crippen LogP) is 3.68. The van der Waals surface area contributed by atoms with Crippen LogP contribution in [0, 0.1) is 6.92 Å². The third kappa shape index (κ3) is 5.18. The normalized spacial score (nSPS) is 10.2. The molecular formula is C19H21ClN2O6S. The first-order chi connectivity index (χ1) is 13.9. The molecule has 0 fully saturated rings. The molecule has 8 nitrogen and oxygen atoms in total. The highest BCUT2D eigenvalue weighted by Crippen LogP contribution is 2.35. The second-order valence-corrected chi connectivity index (χ2v) is 6.97. The third-order valence-corrected chi connectivity index (χ3v) is 5.31. The van der Waals surface area contributed by atoms with Crippen LogP contribution in [-0.4, -0.2) is 44.5 Å². The van der Waals surface area contributed by atoms with Crippen molar-refractivity contribution in [3.63, 3.8) is 0 Å². The number of hydrogen-bond donors (Lipinski definition) is 2. The van der Waals surface area contributed by atoms with Gasteiger partial charge in [-0.25, -0.2) is 4.79 Å². The van der Waals surface area contributed by atoms with Gasteiger partial charge in [0.15, 0.2) is 0 Å². The van der Waals surface area contributed by atoms with E-state index in [1.54, 1.807) is 32.0 Å². The summed E-state index contributed by atoms with van der Waals surface area (Å²) in [5.74, 6) is -0.928. The Hall–Kier alpha value is -2.78. The van der Waals surface area contributed by atoms with E-state index in [9.17, 15) is 14.4 Å². The lowest BCUT2D eigenvalue weighted by Gasteiger charge is -2.11. The van der Waals surface area contributed by atoms with Crippen molar-refractivity contribution in [3.8, 4) is 11.5 Å². The highest BCUT2D eigenvalue weighted by Gasteiger charge is 2.27. The molecule has 0 unspecified atom stereocenters. The molecule has 0 aliphatic carbocycles. The highest BCUT2D eigenvalue weighted by atomic mass is 35.5. The van der Waals surface area contributed by atoms with E-state index < -0.39 is 17.8 Å². The minimum atomic E-state index is -0.635. The molecule has 156 valence electrons. The number of amides is 2. The van der Waals surface area contributed by atoms with Gasteiger partial charge in [0.05, 0.1) is 37.0 Å². The van der Waals surface area contributed by atoms with Crippen LogP contribution in [0.15, 0.2) is 18.2 Å². The van der Waals surface area contributed by atoms with Crippen LogP contribution < -0.4 is 20.1 Å². The number of thiophene rings is 1. The number of hydrogen-bond acceptors (Lipinski definition) is 7. The van der Waals surface area contributed by atoms with Gasteiger partial charge in [-0.1, -0.05) is 0 Å². The largest absolute Gasteiger partial charge is 0.497 e. The fourth-order valence-corrected chi connectivity index (χ4v) is 3.69. The lowest BCUT2D eigenvalue weighted by atomic mass is 10.1. The molecule has 2 aromatic rings. The molecule has 0 saturated carbocycles. The van der Waals surface area contributed by atoms with Gasteiger partial charge in [0.2, 0.25) is 5.91 Å². The number of benzene rings is 1. The summed E-state index contributed by atoms with van der Waals surface area (Å²) in [6.07, 6.45) is 0. The SMILES string of the molecule is CCOC(=O)c1c(NC(=O)CCl)sc(C(=O)Nc2cc(OC)ccc2OC)c1C. The zero-order chi connectivity index (χ0) is 21.6. The number of halogens is 1. The summed E-state index contributed by atoms with van der Waals surface area (Å²) in [6, 6.07) is 4.97. The Balaban J connectivity index is 2.43. The van der Waals surface area contributed by atoms with Crippen LogP contribution in [0.2, 0.25) is 0 Å². The third-order valence-electron chi connectivity index (χ3n) is 3.86. The second kappa shape index (κ2) is 10.1. The van der Waals surface area contributed by atoms with Crippen LogP contribution >= 0.6 is 22.9 Å². The molecule has 1 heterocycles. The zero-order valence-electron chi connectivity index (χ0n) is 16.4. The summed E-state index contributed by atoms with van der Waals surface area (Å²) in [4.78, 5) is 37.3. The number of esters is 1. The molecule has 0 aliphatic heterocycles. The number of anilines is 2.